The van der Waals surface area contributed by atoms with Crippen molar-refractivity contribution >= 4 is 22.4 Å². The standard InChI is InChI=1S/C20H21N3O2S/c1-20(2,3)15-9-11-16(12-10-15)25-13-17(24)21-19-23-22-18(26-19)14-7-5-4-6-8-14/h4-12H,13H2,1-3H3,(H,21,23,24). The maximum Gasteiger partial charge on any atom is 0.264 e. The summed E-state index contributed by atoms with van der Waals surface area (Å²) in [6, 6.07) is 17.5. The lowest BCUT2D eigenvalue weighted by atomic mass is 9.87. The van der Waals surface area contributed by atoms with Gasteiger partial charge < -0.3 is 4.74 Å². The van der Waals surface area contributed by atoms with Gasteiger partial charge in [0.25, 0.3) is 5.91 Å². The molecule has 1 heterocycles. The number of hydrogen-bond acceptors (Lipinski definition) is 5. The normalized spacial score (nSPS) is 11.2. The number of hydrogen-bond donors (Lipinski definition) is 1. The van der Waals surface area contributed by atoms with E-state index in [4.69, 9.17) is 4.74 Å². The zero-order valence-electron chi connectivity index (χ0n) is 15.0. The molecule has 0 unspecified atom stereocenters. The van der Waals surface area contributed by atoms with Crippen LogP contribution >= 0.6 is 11.3 Å². The minimum Gasteiger partial charge on any atom is -0.484 e. The molecule has 5 nitrogen and oxygen atoms in total. The van der Waals surface area contributed by atoms with Gasteiger partial charge in [-0.05, 0) is 23.1 Å². The minimum absolute atomic E-state index is 0.0743. The first-order valence-corrected chi connectivity index (χ1v) is 9.15. The third kappa shape index (κ3) is 4.67. The van der Waals surface area contributed by atoms with E-state index >= 15 is 0 Å². The van der Waals surface area contributed by atoms with Crippen LogP contribution in [0.2, 0.25) is 0 Å². The number of anilines is 1. The maximum atomic E-state index is 12.1. The van der Waals surface area contributed by atoms with E-state index in [0.717, 1.165) is 10.6 Å². The Kier molecular flexibility index (Phi) is 5.32. The zero-order valence-corrected chi connectivity index (χ0v) is 15.8. The van der Waals surface area contributed by atoms with Crippen LogP contribution in [0.25, 0.3) is 10.6 Å². The highest BCUT2D eigenvalue weighted by Crippen LogP contribution is 2.26. The van der Waals surface area contributed by atoms with Crippen LogP contribution < -0.4 is 10.1 Å². The Morgan fingerprint density at radius 3 is 2.38 bits per heavy atom. The Hall–Kier alpha value is -2.73. The van der Waals surface area contributed by atoms with Crippen LogP contribution in [0.4, 0.5) is 5.13 Å². The molecule has 3 aromatic rings. The quantitative estimate of drug-likeness (QED) is 0.720. The lowest BCUT2D eigenvalue weighted by Gasteiger charge is -2.19. The van der Waals surface area contributed by atoms with Gasteiger partial charge in [-0.3, -0.25) is 10.1 Å². The van der Waals surface area contributed by atoms with Crippen LogP contribution in [0.1, 0.15) is 26.3 Å². The fraction of sp³-hybridized carbons (Fsp3) is 0.250. The van der Waals surface area contributed by atoms with Gasteiger partial charge in [-0.15, -0.1) is 10.2 Å². The third-order valence-corrected chi connectivity index (χ3v) is 4.67. The van der Waals surface area contributed by atoms with E-state index in [2.05, 4.69) is 36.3 Å². The van der Waals surface area contributed by atoms with Gasteiger partial charge in [0.15, 0.2) is 6.61 Å². The number of nitrogens with zero attached hydrogens (tertiary/aromatic N) is 2. The fourth-order valence-electron chi connectivity index (χ4n) is 2.33. The number of ether oxygens (including phenoxy) is 1. The summed E-state index contributed by atoms with van der Waals surface area (Å²) in [5.74, 6) is 0.399. The molecule has 0 bridgehead atoms. The summed E-state index contributed by atoms with van der Waals surface area (Å²) in [5, 5.41) is 12.1. The second-order valence-electron chi connectivity index (χ2n) is 6.89. The minimum atomic E-state index is -0.263. The second kappa shape index (κ2) is 7.66. The average Bonchev–Trinajstić information content (AvgIpc) is 3.09. The Morgan fingerprint density at radius 1 is 1.04 bits per heavy atom. The van der Waals surface area contributed by atoms with E-state index in [9.17, 15) is 4.79 Å². The van der Waals surface area contributed by atoms with Crippen molar-refractivity contribution in [3.8, 4) is 16.3 Å². The molecule has 0 atom stereocenters. The molecule has 1 aromatic heterocycles. The zero-order chi connectivity index (χ0) is 18.6. The molecule has 0 aliphatic rings. The number of rotatable bonds is 5. The smallest absolute Gasteiger partial charge is 0.264 e. The van der Waals surface area contributed by atoms with Crippen molar-refractivity contribution in [1.82, 2.24) is 10.2 Å². The van der Waals surface area contributed by atoms with Crippen LogP contribution in [0.15, 0.2) is 54.6 Å². The first-order valence-electron chi connectivity index (χ1n) is 8.34. The van der Waals surface area contributed by atoms with E-state index in [-0.39, 0.29) is 17.9 Å². The van der Waals surface area contributed by atoms with Crippen molar-refractivity contribution in [1.29, 1.82) is 0 Å². The largest absolute Gasteiger partial charge is 0.484 e. The van der Waals surface area contributed by atoms with E-state index in [1.165, 1.54) is 16.9 Å². The molecule has 1 amide bonds. The molecule has 134 valence electrons. The maximum absolute atomic E-state index is 12.1. The molecular formula is C20H21N3O2S. The summed E-state index contributed by atoms with van der Waals surface area (Å²) in [6.45, 7) is 6.39. The van der Waals surface area contributed by atoms with Crippen molar-refractivity contribution in [2.24, 2.45) is 0 Å². The van der Waals surface area contributed by atoms with Crippen molar-refractivity contribution in [2.45, 2.75) is 26.2 Å². The van der Waals surface area contributed by atoms with Gasteiger partial charge in [0.1, 0.15) is 10.8 Å². The molecule has 0 saturated carbocycles. The Labute approximate surface area is 157 Å². The Balaban J connectivity index is 1.54. The number of benzene rings is 2. The lowest BCUT2D eigenvalue weighted by molar-refractivity contribution is -0.118. The molecule has 1 N–H and O–H groups in total. The summed E-state index contributed by atoms with van der Waals surface area (Å²) < 4.78 is 5.54. The van der Waals surface area contributed by atoms with Gasteiger partial charge in [0.05, 0.1) is 0 Å². The van der Waals surface area contributed by atoms with Gasteiger partial charge in [-0.2, -0.15) is 0 Å². The lowest BCUT2D eigenvalue weighted by Crippen LogP contribution is -2.20. The summed E-state index contributed by atoms with van der Waals surface area (Å²) in [7, 11) is 0. The van der Waals surface area contributed by atoms with Crippen LogP contribution in [0.3, 0.4) is 0 Å². The van der Waals surface area contributed by atoms with E-state index < -0.39 is 0 Å². The van der Waals surface area contributed by atoms with Crippen LogP contribution in [0, 0.1) is 0 Å². The SMILES string of the molecule is CC(C)(C)c1ccc(OCC(=O)Nc2nnc(-c3ccccc3)s2)cc1. The van der Waals surface area contributed by atoms with Gasteiger partial charge >= 0.3 is 0 Å². The van der Waals surface area contributed by atoms with E-state index in [1.54, 1.807) is 0 Å². The molecule has 3 rings (SSSR count). The van der Waals surface area contributed by atoms with Gasteiger partial charge in [0, 0.05) is 5.56 Å². The predicted molar refractivity (Wildman–Crippen MR) is 105 cm³/mol. The van der Waals surface area contributed by atoms with Crippen molar-refractivity contribution in [2.75, 3.05) is 11.9 Å². The number of carbonyl (C=O) groups excluding carboxylic acids is 1. The van der Waals surface area contributed by atoms with Crippen LogP contribution in [-0.2, 0) is 10.2 Å². The molecule has 26 heavy (non-hydrogen) atoms. The van der Waals surface area contributed by atoms with Gasteiger partial charge in [-0.25, -0.2) is 0 Å². The molecule has 6 heteroatoms. The molecule has 0 aliphatic carbocycles. The molecule has 0 aliphatic heterocycles. The number of aromatic nitrogens is 2. The Bertz CT molecular complexity index is 868. The molecule has 0 fully saturated rings. The molecule has 0 radical (unpaired) electrons. The highest BCUT2D eigenvalue weighted by molar-refractivity contribution is 7.18. The van der Waals surface area contributed by atoms with Crippen LogP contribution in [-0.4, -0.2) is 22.7 Å². The summed E-state index contributed by atoms with van der Waals surface area (Å²) in [4.78, 5) is 12.1. The Morgan fingerprint density at radius 2 is 1.73 bits per heavy atom. The van der Waals surface area contributed by atoms with Crippen LogP contribution in [0.5, 0.6) is 5.75 Å². The summed E-state index contributed by atoms with van der Waals surface area (Å²) >= 11 is 1.33. The molecular weight excluding hydrogens is 346 g/mol. The highest BCUT2D eigenvalue weighted by atomic mass is 32.1. The molecule has 0 saturated heterocycles. The summed E-state index contributed by atoms with van der Waals surface area (Å²) in [5.41, 5.74) is 2.28. The highest BCUT2D eigenvalue weighted by Gasteiger charge is 2.14. The van der Waals surface area contributed by atoms with E-state index in [0.29, 0.717) is 10.9 Å². The van der Waals surface area contributed by atoms with E-state index in [1.807, 2.05) is 54.6 Å². The van der Waals surface area contributed by atoms with Gasteiger partial charge in [0.2, 0.25) is 5.13 Å². The fourth-order valence-corrected chi connectivity index (χ4v) is 3.09. The van der Waals surface area contributed by atoms with Gasteiger partial charge in [-0.1, -0.05) is 74.6 Å². The van der Waals surface area contributed by atoms with Crippen molar-refractivity contribution in [3.05, 3.63) is 60.2 Å². The topological polar surface area (TPSA) is 64.1 Å². The first-order chi connectivity index (χ1) is 12.4. The molecule has 0 spiro atoms. The third-order valence-electron chi connectivity index (χ3n) is 3.78. The van der Waals surface area contributed by atoms with Crippen molar-refractivity contribution in [3.63, 3.8) is 0 Å². The number of nitrogens with one attached hydrogen (secondary N) is 1. The number of amides is 1. The summed E-state index contributed by atoms with van der Waals surface area (Å²) in [6.07, 6.45) is 0. The first kappa shape index (κ1) is 18.1. The number of carbonyl (C=O) groups is 1. The van der Waals surface area contributed by atoms with Crippen molar-refractivity contribution < 1.29 is 9.53 Å². The average molecular weight is 367 g/mol. The predicted octanol–water partition coefficient (Wildman–Crippen LogP) is 4.52. The monoisotopic (exact) mass is 367 g/mol. The second-order valence-corrected chi connectivity index (χ2v) is 7.87. The molecule has 2 aromatic carbocycles.